The van der Waals surface area contributed by atoms with Crippen molar-refractivity contribution < 1.29 is 13.2 Å². The second kappa shape index (κ2) is 5.27. The summed E-state index contributed by atoms with van der Waals surface area (Å²) < 4.78 is 37.1. The SMILES string of the molecule is CN(Cc1cc(C(F)(F)F)n[nH]1)CC(C)(C)CN. The second-order valence-corrected chi connectivity index (χ2v) is 5.32. The number of alkyl halides is 3. The van der Waals surface area contributed by atoms with E-state index in [0.29, 0.717) is 25.3 Å². The molecule has 4 nitrogen and oxygen atoms in total. The summed E-state index contributed by atoms with van der Waals surface area (Å²) in [6.07, 6.45) is -4.40. The molecule has 0 aliphatic heterocycles. The van der Waals surface area contributed by atoms with Crippen LogP contribution in [0.15, 0.2) is 6.07 Å². The molecule has 0 fully saturated rings. The average Bonchev–Trinajstić information content (AvgIpc) is 2.64. The van der Waals surface area contributed by atoms with E-state index < -0.39 is 11.9 Å². The van der Waals surface area contributed by atoms with Crippen LogP contribution in [0.25, 0.3) is 0 Å². The fourth-order valence-electron chi connectivity index (χ4n) is 1.73. The van der Waals surface area contributed by atoms with Crippen LogP contribution >= 0.6 is 0 Å². The van der Waals surface area contributed by atoms with E-state index in [4.69, 9.17) is 5.73 Å². The fourth-order valence-corrected chi connectivity index (χ4v) is 1.73. The van der Waals surface area contributed by atoms with Crippen molar-refractivity contribution in [2.75, 3.05) is 20.1 Å². The maximum absolute atomic E-state index is 12.4. The number of halogens is 3. The van der Waals surface area contributed by atoms with Gasteiger partial charge in [0.05, 0.1) is 0 Å². The van der Waals surface area contributed by atoms with Crippen molar-refractivity contribution in [1.29, 1.82) is 0 Å². The maximum atomic E-state index is 12.4. The number of nitrogens with two attached hydrogens (primary N) is 1. The van der Waals surface area contributed by atoms with Gasteiger partial charge in [0.15, 0.2) is 5.69 Å². The molecule has 0 saturated carbocycles. The highest BCUT2D eigenvalue weighted by Crippen LogP contribution is 2.28. The fraction of sp³-hybridized carbons (Fsp3) is 0.727. The molecule has 0 aliphatic rings. The Hall–Kier alpha value is -1.08. The minimum absolute atomic E-state index is 0.0678. The largest absolute Gasteiger partial charge is 0.435 e. The molecule has 0 unspecified atom stereocenters. The third-order valence-electron chi connectivity index (χ3n) is 2.61. The number of hydrogen-bond donors (Lipinski definition) is 2. The molecule has 0 aromatic carbocycles. The van der Waals surface area contributed by atoms with Crippen LogP contribution in [0.1, 0.15) is 25.2 Å². The molecule has 3 N–H and O–H groups in total. The van der Waals surface area contributed by atoms with Crippen LogP contribution in [0.4, 0.5) is 13.2 Å². The van der Waals surface area contributed by atoms with Crippen LogP contribution in [-0.4, -0.2) is 35.2 Å². The van der Waals surface area contributed by atoms with E-state index in [0.717, 1.165) is 6.07 Å². The number of aromatic nitrogens is 2. The Morgan fingerprint density at radius 3 is 2.44 bits per heavy atom. The zero-order valence-corrected chi connectivity index (χ0v) is 10.8. The molecule has 0 radical (unpaired) electrons. The van der Waals surface area contributed by atoms with Gasteiger partial charge in [0.2, 0.25) is 0 Å². The Morgan fingerprint density at radius 1 is 1.39 bits per heavy atom. The first-order valence-electron chi connectivity index (χ1n) is 5.64. The molecular weight excluding hydrogens is 245 g/mol. The average molecular weight is 264 g/mol. The molecule has 18 heavy (non-hydrogen) atoms. The Bertz CT molecular complexity index is 384. The van der Waals surface area contributed by atoms with Crippen molar-refractivity contribution in [3.05, 3.63) is 17.5 Å². The summed E-state index contributed by atoms with van der Waals surface area (Å²) in [5.41, 5.74) is 5.10. The zero-order valence-electron chi connectivity index (χ0n) is 10.8. The van der Waals surface area contributed by atoms with Crippen LogP contribution in [0.2, 0.25) is 0 Å². The summed E-state index contributed by atoms with van der Waals surface area (Å²) in [5, 5.41) is 5.66. The molecule has 104 valence electrons. The summed E-state index contributed by atoms with van der Waals surface area (Å²) in [6.45, 7) is 5.62. The summed E-state index contributed by atoms with van der Waals surface area (Å²) in [7, 11) is 1.84. The third kappa shape index (κ3) is 4.30. The van der Waals surface area contributed by atoms with Gasteiger partial charge in [-0.3, -0.25) is 10.00 Å². The number of nitrogens with one attached hydrogen (secondary N) is 1. The Morgan fingerprint density at radius 2 is 2.00 bits per heavy atom. The number of rotatable bonds is 5. The van der Waals surface area contributed by atoms with E-state index in [-0.39, 0.29) is 5.41 Å². The predicted octanol–water partition coefficient (Wildman–Crippen LogP) is 1.85. The van der Waals surface area contributed by atoms with Crippen molar-refractivity contribution >= 4 is 0 Å². The number of aromatic amines is 1. The smallest absolute Gasteiger partial charge is 0.330 e. The Balaban J connectivity index is 2.60. The lowest BCUT2D eigenvalue weighted by atomic mass is 9.93. The lowest BCUT2D eigenvalue weighted by molar-refractivity contribution is -0.141. The van der Waals surface area contributed by atoms with E-state index in [1.54, 1.807) is 0 Å². The molecule has 0 aliphatic carbocycles. The standard InChI is InChI=1S/C11H19F3N4/c1-10(2,6-15)7-18(3)5-8-4-9(17-16-8)11(12,13)14/h4H,5-7,15H2,1-3H3,(H,16,17). The van der Waals surface area contributed by atoms with Gasteiger partial charge in [-0.2, -0.15) is 18.3 Å². The molecule has 7 heteroatoms. The number of H-pyrrole nitrogens is 1. The normalized spacial score (nSPS) is 13.3. The molecule has 0 saturated heterocycles. The molecule has 1 heterocycles. The van der Waals surface area contributed by atoms with E-state index in [1.807, 2.05) is 25.8 Å². The van der Waals surface area contributed by atoms with Crippen LogP contribution in [0.5, 0.6) is 0 Å². The quantitative estimate of drug-likeness (QED) is 0.853. The highest BCUT2D eigenvalue weighted by Gasteiger charge is 2.33. The monoisotopic (exact) mass is 264 g/mol. The summed E-state index contributed by atoms with van der Waals surface area (Å²) in [5.74, 6) is 0. The van der Waals surface area contributed by atoms with Gasteiger partial charge in [0, 0.05) is 18.8 Å². The first-order chi connectivity index (χ1) is 8.14. The molecule has 0 atom stereocenters. The van der Waals surface area contributed by atoms with Crippen LogP contribution < -0.4 is 5.73 Å². The van der Waals surface area contributed by atoms with E-state index in [2.05, 4.69) is 10.2 Å². The maximum Gasteiger partial charge on any atom is 0.435 e. The van der Waals surface area contributed by atoms with Crippen LogP contribution in [0, 0.1) is 5.41 Å². The minimum atomic E-state index is -4.40. The molecule has 0 spiro atoms. The lowest BCUT2D eigenvalue weighted by Gasteiger charge is -2.28. The predicted molar refractivity (Wildman–Crippen MR) is 62.8 cm³/mol. The van der Waals surface area contributed by atoms with Gasteiger partial charge in [-0.05, 0) is 25.1 Å². The zero-order chi connectivity index (χ0) is 14.0. The summed E-state index contributed by atoms with van der Waals surface area (Å²) in [6, 6.07) is 1.03. The van der Waals surface area contributed by atoms with Gasteiger partial charge in [0.1, 0.15) is 0 Å². The van der Waals surface area contributed by atoms with Crippen LogP contribution in [0.3, 0.4) is 0 Å². The van der Waals surface area contributed by atoms with Crippen molar-refractivity contribution in [1.82, 2.24) is 15.1 Å². The van der Waals surface area contributed by atoms with Crippen molar-refractivity contribution in [3.8, 4) is 0 Å². The molecule has 1 aromatic rings. The minimum Gasteiger partial charge on any atom is -0.330 e. The van der Waals surface area contributed by atoms with Gasteiger partial charge in [-0.1, -0.05) is 13.8 Å². The number of hydrogen-bond acceptors (Lipinski definition) is 3. The Labute approximate surface area is 104 Å². The van der Waals surface area contributed by atoms with Crippen molar-refractivity contribution in [2.24, 2.45) is 11.1 Å². The molecule has 1 rings (SSSR count). The molecular formula is C11H19F3N4. The highest BCUT2D eigenvalue weighted by molar-refractivity contribution is 5.11. The molecule has 0 amide bonds. The second-order valence-electron chi connectivity index (χ2n) is 5.32. The summed E-state index contributed by atoms with van der Waals surface area (Å²) in [4.78, 5) is 1.92. The van der Waals surface area contributed by atoms with Gasteiger partial charge < -0.3 is 5.73 Å². The first kappa shape index (κ1) is 15.0. The molecule has 0 bridgehead atoms. The topological polar surface area (TPSA) is 57.9 Å². The third-order valence-corrected chi connectivity index (χ3v) is 2.61. The Kier molecular flexibility index (Phi) is 4.39. The lowest BCUT2D eigenvalue weighted by Crippen LogP contribution is -2.36. The van der Waals surface area contributed by atoms with Gasteiger partial charge in [0.25, 0.3) is 0 Å². The van der Waals surface area contributed by atoms with Crippen LogP contribution in [-0.2, 0) is 12.7 Å². The first-order valence-corrected chi connectivity index (χ1v) is 5.64. The van der Waals surface area contributed by atoms with Crippen molar-refractivity contribution in [3.63, 3.8) is 0 Å². The van der Waals surface area contributed by atoms with E-state index in [9.17, 15) is 13.2 Å². The molecule has 1 aromatic heterocycles. The van der Waals surface area contributed by atoms with Gasteiger partial charge in [-0.25, -0.2) is 0 Å². The van der Waals surface area contributed by atoms with Gasteiger partial charge >= 0.3 is 6.18 Å². The number of nitrogens with zero attached hydrogens (tertiary/aromatic N) is 2. The van der Waals surface area contributed by atoms with E-state index in [1.165, 1.54) is 0 Å². The van der Waals surface area contributed by atoms with E-state index >= 15 is 0 Å². The van der Waals surface area contributed by atoms with Crippen molar-refractivity contribution in [2.45, 2.75) is 26.6 Å². The summed E-state index contributed by atoms with van der Waals surface area (Å²) >= 11 is 0. The van der Waals surface area contributed by atoms with Gasteiger partial charge in [-0.15, -0.1) is 0 Å². The highest BCUT2D eigenvalue weighted by atomic mass is 19.4.